The number of hydrogen-bond acceptors (Lipinski definition) is 4. The SMILES string of the molecule is Cc1nc(NC(C)C)cc(C(=O)Nc2ccc(Cl)cc2C(F)(F)F)n1. The largest absolute Gasteiger partial charge is 0.418 e. The van der Waals surface area contributed by atoms with Gasteiger partial charge < -0.3 is 10.6 Å². The molecule has 9 heteroatoms. The molecule has 1 aromatic carbocycles. The van der Waals surface area contributed by atoms with Crippen LogP contribution in [0.25, 0.3) is 0 Å². The Kier molecular flexibility index (Phi) is 5.52. The zero-order chi connectivity index (χ0) is 18.8. The highest BCUT2D eigenvalue weighted by molar-refractivity contribution is 6.30. The van der Waals surface area contributed by atoms with Crippen molar-refractivity contribution in [2.24, 2.45) is 0 Å². The van der Waals surface area contributed by atoms with E-state index in [2.05, 4.69) is 20.6 Å². The fourth-order valence-corrected chi connectivity index (χ4v) is 2.27. The molecule has 0 aliphatic heterocycles. The highest BCUT2D eigenvalue weighted by Crippen LogP contribution is 2.36. The number of nitrogens with zero attached hydrogens (tertiary/aromatic N) is 2. The van der Waals surface area contributed by atoms with Crippen LogP contribution >= 0.6 is 11.6 Å². The lowest BCUT2D eigenvalue weighted by molar-refractivity contribution is -0.136. The first-order valence-corrected chi connectivity index (χ1v) is 7.74. The highest BCUT2D eigenvalue weighted by Gasteiger charge is 2.34. The van der Waals surface area contributed by atoms with Gasteiger partial charge in [0.15, 0.2) is 0 Å². The van der Waals surface area contributed by atoms with Gasteiger partial charge in [-0.15, -0.1) is 0 Å². The molecule has 1 aromatic heterocycles. The lowest BCUT2D eigenvalue weighted by atomic mass is 10.1. The van der Waals surface area contributed by atoms with Crippen molar-refractivity contribution in [2.45, 2.75) is 33.0 Å². The summed E-state index contributed by atoms with van der Waals surface area (Å²) in [6.45, 7) is 5.37. The van der Waals surface area contributed by atoms with Crippen LogP contribution in [-0.2, 0) is 6.18 Å². The number of nitrogens with one attached hydrogen (secondary N) is 2. The van der Waals surface area contributed by atoms with Crippen LogP contribution in [0.3, 0.4) is 0 Å². The summed E-state index contributed by atoms with van der Waals surface area (Å²) >= 11 is 5.62. The van der Waals surface area contributed by atoms with E-state index in [1.807, 2.05) is 13.8 Å². The number of rotatable bonds is 4. The molecule has 0 aliphatic rings. The molecule has 0 saturated carbocycles. The molecule has 0 radical (unpaired) electrons. The maximum absolute atomic E-state index is 13.1. The molecule has 0 unspecified atom stereocenters. The molecule has 2 rings (SSSR count). The quantitative estimate of drug-likeness (QED) is 0.827. The molecule has 1 heterocycles. The minimum absolute atomic E-state index is 0.0428. The smallest absolute Gasteiger partial charge is 0.368 e. The molecule has 0 atom stereocenters. The topological polar surface area (TPSA) is 66.9 Å². The number of carbonyl (C=O) groups excluding carboxylic acids is 1. The van der Waals surface area contributed by atoms with E-state index in [-0.39, 0.29) is 16.8 Å². The molecule has 134 valence electrons. The lowest BCUT2D eigenvalue weighted by Gasteiger charge is -2.15. The predicted molar refractivity (Wildman–Crippen MR) is 89.9 cm³/mol. The molecule has 1 amide bonds. The third-order valence-electron chi connectivity index (χ3n) is 3.04. The zero-order valence-electron chi connectivity index (χ0n) is 13.7. The third kappa shape index (κ3) is 5.06. The minimum atomic E-state index is -4.65. The zero-order valence-corrected chi connectivity index (χ0v) is 14.5. The Labute approximate surface area is 147 Å². The van der Waals surface area contributed by atoms with E-state index >= 15 is 0 Å². The van der Waals surface area contributed by atoms with E-state index in [9.17, 15) is 18.0 Å². The van der Waals surface area contributed by atoms with Crippen LogP contribution in [0.2, 0.25) is 5.02 Å². The molecular weight excluding hydrogens is 357 g/mol. The summed E-state index contributed by atoms with van der Waals surface area (Å²) in [4.78, 5) is 20.4. The average molecular weight is 373 g/mol. The molecule has 0 aliphatic carbocycles. The van der Waals surface area contributed by atoms with Crippen LogP contribution in [0.1, 0.15) is 35.7 Å². The Morgan fingerprint density at radius 3 is 2.48 bits per heavy atom. The van der Waals surface area contributed by atoms with E-state index < -0.39 is 23.3 Å². The maximum Gasteiger partial charge on any atom is 0.418 e. The van der Waals surface area contributed by atoms with Gasteiger partial charge in [-0.05, 0) is 39.0 Å². The minimum Gasteiger partial charge on any atom is -0.368 e. The van der Waals surface area contributed by atoms with E-state index in [0.29, 0.717) is 11.6 Å². The third-order valence-corrected chi connectivity index (χ3v) is 3.28. The summed E-state index contributed by atoms with van der Waals surface area (Å²) in [6.07, 6.45) is -4.65. The van der Waals surface area contributed by atoms with Gasteiger partial charge in [0.05, 0.1) is 11.3 Å². The average Bonchev–Trinajstić information content (AvgIpc) is 2.46. The first-order chi connectivity index (χ1) is 11.6. The van der Waals surface area contributed by atoms with Crippen LogP contribution in [0.5, 0.6) is 0 Å². The molecule has 0 bridgehead atoms. The van der Waals surface area contributed by atoms with Gasteiger partial charge in [-0.25, -0.2) is 9.97 Å². The molecule has 0 spiro atoms. The van der Waals surface area contributed by atoms with Crippen LogP contribution in [0, 0.1) is 6.92 Å². The second-order valence-electron chi connectivity index (χ2n) is 5.63. The fourth-order valence-electron chi connectivity index (χ4n) is 2.10. The molecule has 5 nitrogen and oxygen atoms in total. The van der Waals surface area contributed by atoms with E-state index in [0.717, 1.165) is 12.1 Å². The van der Waals surface area contributed by atoms with Crippen molar-refractivity contribution in [2.75, 3.05) is 10.6 Å². The van der Waals surface area contributed by atoms with E-state index in [4.69, 9.17) is 11.6 Å². The summed E-state index contributed by atoms with van der Waals surface area (Å²) in [5.41, 5.74) is -1.46. The normalized spacial score (nSPS) is 11.5. The molecule has 25 heavy (non-hydrogen) atoms. The maximum atomic E-state index is 13.1. The summed E-state index contributed by atoms with van der Waals surface area (Å²) in [7, 11) is 0. The van der Waals surface area contributed by atoms with Crippen molar-refractivity contribution in [1.29, 1.82) is 0 Å². The molecule has 2 N–H and O–H groups in total. The monoisotopic (exact) mass is 372 g/mol. The van der Waals surface area contributed by atoms with E-state index in [1.54, 1.807) is 6.92 Å². The van der Waals surface area contributed by atoms with Crippen molar-refractivity contribution in [3.63, 3.8) is 0 Å². The van der Waals surface area contributed by atoms with Gasteiger partial charge in [-0.1, -0.05) is 11.6 Å². The number of halogens is 4. The molecular formula is C16H16ClF3N4O. The Morgan fingerprint density at radius 1 is 1.20 bits per heavy atom. The standard InChI is InChI=1S/C16H16ClF3N4O/c1-8(2)21-14-7-13(22-9(3)23-14)15(25)24-12-5-4-10(17)6-11(12)16(18,19)20/h4-8H,1-3H3,(H,24,25)(H,21,22,23). The van der Waals surface area contributed by atoms with Gasteiger partial charge in [-0.2, -0.15) is 13.2 Å². The molecule has 2 aromatic rings. The predicted octanol–water partition coefficient (Wildman–Crippen LogP) is 4.53. The number of anilines is 2. The number of aromatic nitrogens is 2. The molecule has 0 fully saturated rings. The van der Waals surface area contributed by atoms with Gasteiger partial charge in [-0.3, -0.25) is 4.79 Å². The number of hydrogen-bond donors (Lipinski definition) is 2. The molecule has 0 saturated heterocycles. The Hall–Kier alpha value is -2.35. The summed E-state index contributed by atoms with van der Waals surface area (Å²) < 4.78 is 39.3. The highest BCUT2D eigenvalue weighted by atomic mass is 35.5. The Balaban J connectivity index is 2.33. The van der Waals surface area contributed by atoms with Gasteiger partial charge >= 0.3 is 6.18 Å². The van der Waals surface area contributed by atoms with Crippen molar-refractivity contribution < 1.29 is 18.0 Å². The number of carbonyl (C=O) groups is 1. The van der Waals surface area contributed by atoms with Crippen LogP contribution < -0.4 is 10.6 Å². The van der Waals surface area contributed by atoms with Crippen molar-refractivity contribution in [3.05, 3.63) is 46.4 Å². The Morgan fingerprint density at radius 2 is 1.88 bits per heavy atom. The number of aryl methyl sites for hydroxylation is 1. The van der Waals surface area contributed by atoms with Gasteiger partial charge in [0.2, 0.25) is 0 Å². The number of alkyl halides is 3. The van der Waals surface area contributed by atoms with Crippen molar-refractivity contribution in [3.8, 4) is 0 Å². The van der Waals surface area contributed by atoms with Crippen molar-refractivity contribution in [1.82, 2.24) is 9.97 Å². The van der Waals surface area contributed by atoms with Gasteiger partial charge in [0, 0.05) is 17.1 Å². The fraction of sp³-hybridized carbons (Fsp3) is 0.312. The first-order valence-electron chi connectivity index (χ1n) is 7.36. The van der Waals surface area contributed by atoms with E-state index in [1.165, 1.54) is 12.1 Å². The van der Waals surface area contributed by atoms with Crippen LogP contribution in [-0.4, -0.2) is 21.9 Å². The van der Waals surface area contributed by atoms with Crippen molar-refractivity contribution >= 4 is 29.0 Å². The summed E-state index contributed by atoms with van der Waals surface area (Å²) in [6, 6.07) is 4.58. The second-order valence-corrected chi connectivity index (χ2v) is 6.06. The summed E-state index contributed by atoms with van der Waals surface area (Å²) in [5.74, 6) is -0.0344. The van der Waals surface area contributed by atoms with Gasteiger partial charge in [0.1, 0.15) is 17.3 Å². The lowest BCUT2D eigenvalue weighted by Crippen LogP contribution is -2.19. The van der Waals surface area contributed by atoms with Crippen LogP contribution in [0.15, 0.2) is 24.3 Å². The summed E-state index contributed by atoms with van der Waals surface area (Å²) in [5, 5.41) is 5.17. The number of amides is 1. The van der Waals surface area contributed by atoms with Gasteiger partial charge in [0.25, 0.3) is 5.91 Å². The van der Waals surface area contributed by atoms with Crippen LogP contribution in [0.4, 0.5) is 24.7 Å². The number of benzene rings is 1. The second kappa shape index (κ2) is 7.26. The first kappa shape index (κ1) is 19.0. The Bertz CT molecular complexity index is 793.